The van der Waals surface area contributed by atoms with E-state index >= 15 is 0 Å². The zero-order valence-corrected chi connectivity index (χ0v) is 10.6. The maximum Gasteiger partial charge on any atom is 0.410 e. The molecule has 0 spiro atoms. The van der Waals surface area contributed by atoms with Gasteiger partial charge in [-0.3, -0.25) is 9.98 Å². The maximum atomic E-state index is 12.0. The summed E-state index contributed by atoms with van der Waals surface area (Å²) in [5.74, 6) is 0. The lowest BCUT2D eigenvalue weighted by Gasteiger charge is -2.29. The molecule has 0 unspecified atom stereocenters. The van der Waals surface area contributed by atoms with Crippen molar-refractivity contribution in [2.24, 2.45) is 9.98 Å². The van der Waals surface area contributed by atoms with Crippen LogP contribution in [0, 0.1) is 0 Å². The van der Waals surface area contributed by atoms with Gasteiger partial charge in [-0.15, -0.1) is 0 Å². The van der Waals surface area contributed by atoms with Crippen molar-refractivity contribution >= 4 is 18.5 Å². The molecule has 17 heavy (non-hydrogen) atoms. The van der Waals surface area contributed by atoms with Crippen molar-refractivity contribution in [2.45, 2.75) is 51.4 Å². The van der Waals surface area contributed by atoms with Gasteiger partial charge in [0.05, 0.1) is 6.04 Å². The molecule has 94 valence electrons. The zero-order valence-electron chi connectivity index (χ0n) is 10.6. The lowest BCUT2D eigenvalue weighted by atomic mass is 10.2. The molecule has 5 heteroatoms. The number of hydrogen-bond donors (Lipinski definition) is 0. The molecular weight excluding hydrogens is 218 g/mol. The number of likely N-dealkylation sites (tertiary alicyclic amines) is 1. The molecule has 5 nitrogen and oxygen atoms in total. The van der Waals surface area contributed by atoms with Crippen LogP contribution in [0.4, 0.5) is 4.79 Å². The topological polar surface area (TPSA) is 54.3 Å². The summed E-state index contributed by atoms with van der Waals surface area (Å²) in [6.07, 6.45) is 4.93. The summed E-state index contributed by atoms with van der Waals surface area (Å²) >= 11 is 0. The van der Waals surface area contributed by atoms with Crippen LogP contribution in [0.2, 0.25) is 0 Å². The maximum absolute atomic E-state index is 12.0. The summed E-state index contributed by atoms with van der Waals surface area (Å²) in [6, 6.07) is 0.0554. The Balaban J connectivity index is 2.02. The molecule has 0 aliphatic carbocycles. The summed E-state index contributed by atoms with van der Waals surface area (Å²) < 4.78 is 5.39. The Labute approximate surface area is 102 Å². The highest BCUT2D eigenvalue weighted by molar-refractivity contribution is 6.17. The van der Waals surface area contributed by atoms with Crippen LogP contribution in [0.5, 0.6) is 0 Å². The number of amides is 1. The van der Waals surface area contributed by atoms with Gasteiger partial charge in [-0.1, -0.05) is 0 Å². The first-order valence-electron chi connectivity index (χ1n) is 6.02. The molecule has 0 aromatic heterocycles. The Morgan fingerprint density at radius 2 is 2.00 bits per heavy atom. The van der Waals surface area contributed by atoms with Crippen molar-refractivity contribution in [1.82, 2.24) is 4.90 Å². The standard InChI is InChI=1S/C12H19N3O2/c1-12(2,3)17-11(16)15-8-4-5-9(15)10-13-6-7-14-10/h6-7,9-10H,4-5,8H2,1-3H3/t9-/m1/s1. The minimum Gasteiger partial charge on any atom is -0.444 e. The number of hydrogen-bond acceptors (Lipinski definition) is 4. The molecule has 2 aliphatic rings. The molecule has 0 aromatic rings. The van der Waals surface area contributed by atoms with Gasteiger partial charge in [-0.05, 0) is 33.6 Å². The molecule has 0 saturated carbocycles. The van der Waals surface area contributed by atoms with Crippen LogP contribution in [0.3, 0.4) is 0 Å². The van der Waals surface area contributed by atoms with Crippen LogP contribution >= 0.6 is 0 Å². The second-order valence-corrected chi connectivity index (χ2v) is 5.39. The van der Waals surface area contributed by atoms with Crippen molar-refractivity contribution < 1.29 is 9.53 Å². The van der Waals surface area contributed by atoms with Crippen LogP contribution in [0.25, 0.3) is 0 Å². The quantitative estimate of drug-likeness (QED) is 0.699. The van der Waals surface area contributed by atoms with Gasteiger partial charge in [0.15, 0.2) is 6.17 Å². The van der Waals surface area contributed by atoms with Crippen molar-refractivity contribution in [3.8, 4) is 0 Å². The number of aliphatic imine (C=N–C) groups is 2. The average Bonchev–Trinajstić information content (AvgIpc) is 2.85. The van der Waals surface area contributed by atoms with Crippen molar-refractivity contribution in [3.05, 3.63) is 0 Å². The van der Waals surface area contributed by atoms with Crippen LogP contribution < -0.4 is 0 Å². The lowest BCUT2D eigenvalue weighted by Crippen LogP contribution is -2.43. The van der Waals surface area contributed by atoms with E-state index in [1.807, 2.05) is 20.8 Å². The second kappa shape index (κ2) is 4.47. The molecule has 0 bridgehead atoms. The minimum absolute atomic E-state index is 0.0554. The molecule has 2 aliphatic heterocycles. The first-order valence-corrected chi connectivity index (χ1v) is 6.02. The molecule has 0 radical (unpaired) electrons. The van der Waals surface area contributed by atoms with E-state index in [-0.39, 0.29) is 18.3 Å². The first-order chi connectivity index (χ1) is 7.97. The van der Waals surface area contributed by atoms with Crippen LogP contribution in [-0.2, 0) is 4.74 Å². The number of nitrogens with zero attached hydrogens (tertiary/aromatic N) is 3. The van der Waals surface area contributed by atoms with Gasteiger partial charge in [0.1, 0.15) is 5.60 Å². The normalized spacial score (nSPS) is 24.6. The molecule has 0 aromatic carbocycles. The zero-order chi connectivity index (χ0) is 12.5. The fourth-order valence-corrected chi connectivity index (χ4v) is 2.14. The van der Waals surface area contributed by atoms with Gasteiger partial charge in [-0.25, -0.2) is 4.79 Å². The third-order valence-corrected chi connectivity index (χ3v) is 2.82. The summed E-state index contributed by atoms with van der Waals surface area (Å²) in [4.78, 5) is 22.3. The average molecular weight is 237 g/mol. The smallest absolute Gasteiger partial charge is 0.410 e. The molecule has 1 amide bonds. The highest BCUT2D eigenvalue weighted by Crippen LogP contribution is 2.25. The molecule has 0 N–H and O–H groups in total. The molecule has 2 rings (SSSR count). The van der Waals surface area contributed by atoms with Crippen molar-refractivity contribution in [3.63, 3.8) is 0 Å². The summed E-state index contributed by atoms with van der Waals surface area (Å²) in [6.45, 7) is 6.37. The SMILES string of the molecule is CC(C)(C)OC(=O)N1CCC[C@@H]1C1N=CC=N1. The third-order valence-electron chi connectivity index (χ3n) is 2.82. The number of carbonyl (C=O) groups is 1. The van der Waals surface area contributed by atoms with E-state index in [0.29, 0.717) is 0 Å². The molecular formula is C12H19N3O2. The molecule has 2 heterocycles. The van der Waals surface area contributed by atoms with Gasteiger partial charge >= 0.3 is 6.09 Å². The van der Waals surface area contributed by atoms with Gasteiger partial charge in [0.25, 0.3) is 0 Å². The van der Waals surface area contributed by atoms with E-state index < -0.39 is 5.60 Å². The Hall–Kier alpha value is -1.39. The third kappa shape index (κ3) is 2.84. The van der Waals surface area contributed by atoms with Crippen LogP contribution in [-0.4, -0.2) is 47.8 Å². The predicted octanol–water partition coefficient (Wildman–Crippen LogP) is 1.87. The van der Waals surface area contributed by atoms with E-state index in [1.165, 1.54) is 0 Å². The highest BCUT2D eigenvalue weighted by atomic mass is 16.6. The van der Waals surface area contributed by atoms with E-state index in [9.17, 15) is 4.79 Å². The summed E-state index contributed by atoms with van der Waals surface area (Å²) in [5, 5.41) is 0. The predicted molar refractivity (Wildman–Crippen MR) is 66.7 cm³/mol. The van der Waals surface area contributed by atoms with E-state index in [0.717, 1.165) is 19.4 Å². The number of carbonyl (C=O) groups excluding carboxylic acids is 1. The number of ether oxygens (including phenoxy) is 1. The van der Waals surface area contributed by atoms with Gasteiger partial charge in [0, 0.05) is 19.0 Å². The Morgan fingerprint density at radius 3 is 2.59 bits per heavy atom. The largest absolute Gasteiger partial charge is 0.444 e. The Bertz CT molecular complexity index is 345. The van der Waals surface area contributed by atoms with Crippen LogP contribution in [0.15, 0.2) is 9.98 Å². The molecule has 1 saturated heterocycles. The van der Waals surface area contributed by atoms with Gasteiger partial charge < -0.3 is 9.64 Å². The Morgan fingerprint density at radius 1 is 1.35 bits per heavy atom. The Kier molecular flexibility index (Phi) is 3.17. The fourth-order valence-electron chi connectivity index (χ4n) is 2.14. The summed E-state index contributed by atoms with van der Waals surface area (Å²) in [5.41, 5.74) is -0.452. The van der Waals surface area contributed by atoms with E-state index in [1.54, 1.807) is 17.3 Å². The van der Waals surface area contributed by atoms with E-state index in [2.05, 4.69) is 9.98 Å². The monoisotopic (exact) mass is 237 g/mol. The summed E-state index contributed by atoms with van der Waals surface area (Å²) in [7, 11) is 0. The van der Waals surface area contributed by atoms with Crippen molar-refractivity contribution in [1.29, 1.82) is 0 Å². The van der Waals surface area contributed by atoms with Crippen LogP contribution in [0.1, 0.15) is 33.6 Å². The van der Waals surface area contributed by atoms with Crippen molar-refractivity contribution in [2.75, 3.05) is 6.54 Å². The fraction of sp³-hybridized carbons (Fsp3) is 0.750. The second-order valence-electron chi connectivity index (χ2n) is 5.39. The lowest BCUT2D eigenvalue weighted by molar-refractivity contribution is 0.0210. The van der Waals surface area contributed by atoms with Gasteiger partial charge in [-0.2, -0.15) is 0 Å². The van der Waals surface area contributed by atoms with Gasteiger partial charge in [0.2, 0.25) is 0 Å². The highest BCUT2D eigenvalue weighted by Gasteiger charge is 2.37. The van der Waals surface area contributed by atoms with E-state index in [4.69, 9.17) is 4.74 Å². The first kappa shape index (κ1) is 12.1. The molecule has 1 fully saturated rings. The molecule has 1 atom stereocenters. The number of rotatable bonds is 1. The minimum atomic E-state index is -0.452.